The molecule has 0 unspecified atom stereocenters. The summed E-state index contributed by atoms with van der Waals surface area (Å²) < 4.78 is 13.4. The Bertz CT molecular complexity index is 1250. The average molecular weight is 448 g/mol. The van der Waals surface area contributed by atoms with Gasteiger partial charge in [-0.25, -0.2) is 0 Å². The first-order valence-corrected chi connectivity index (χ1v) is 11.4. The second-order valence-corrected chi connectivity index (χ2v) is 9.28. The Hall–Kier alpha value is -3.28. The van der Waals surface area contributed by atoms with Gasteiger partial charge < -0.3 is 20.3 Å². The number of nitriles is 1. The summed E-state index contributed by atoms with van der Waals surface area (Å²) in [6.07, 6.45) is 2.30. The molecule has 1 aliphatic heterocycles. The van der Waals surface area contributed by atoms with Crippen molar-refractivity contribution in [3.05, 3.63) is 41.0 Å². The fourth-order valence-electron chi connectivity index (χ4n) is 4.74. The van der Waals surface area contributed by atoms with E-state index < -0.39 is 0 Å². The topological polar surface area (TPSA) is 110 Å². The summed E-state index contributed by atoms with van der Waals surface area (Å²) in [4.78, 5) is 7.22. The van der Waals surface area contributed by atoms with Crippen LogP contribution in [0.25, 0.3) is 16.7 Å². The first kappa shape index (κ1) is 21.6. The minimum absolute atomic E-state index is 0.168. The number of phenols is 1. The monoisotopic (exact) mass is 447 g/mol. The standard InChI is InChI=1S/C25H29N5O3/c1-16-3-5-20(31)17(2)22(16)30-23(27)19(13-26)18-4-6-21(28-24(18)30)33-15-25(7-8-25)14-29-9-11-32-12-10-29/h3-6,31H,7-12,14-15,27H2,1-2H3. The van der Waals surface area contributed by atoms with Crippen LogP contribution in [0.4, 0.5) is 5.82 Å². The van der Waals surface area contributed by atoms with E-state index >= 15 is 0 Å². The number of pyridine rings is 1. The van der Waals surface area contributed by atoms with E-state index in [1.54, 1.807) is 16.7 Å². The molecule has 5 rings (SSSR count). The highest BCUT2D eigenvalue weighted by atomic mass is 16.5. The number of morpholine rings is 1. The van der Waals surface area contributed by atoms with E-state index in [0.29, 0.717) is 40.5 Å². The van der Waals surface area contributed by atoms with E-state index in [1.807, 2.05) is 26.0 Å². The number of hydrogen-bond acceptors (Lipinski definition) is 7. The van der Waals surface area contributed by atoms with Gasteiger partial charge in [-0.15, -0.1) is 0 Å². The summed E-state index contributed by atoms with van der Waals surface area (Å²) >= 11 is 0. The molecule has 3 heterocycles. The molecule has 172 valence electrons. The zero-order valence-electron chi connectivity index (χ0n) is 19.1. The van der Waals surface area contributed by atoms with Gasteiger partial charge in [0.15, 0.2) is 5.65 Å². The molecule has 0 radical (unpaired) electrons. The van der Waals surface area contributed by atoms with Crippen molar-refractivity contribution in [1.82, 2.24) is 14.5 Å². The Morgan fingerprint density at radius 3 is 2.67 bits per heavy atom. The van der Waals surface area contributed by atoms with Crippen LogP contribution in [0, 0.1) is 30.6 Å². The molecular formula is C25H29N5O3. The third kappa shape index (κ3) is 3.88. The van der Waals surface area contributed by atoms with Crippen molar-refractivity contribution in [1.29, 1.82) is 5.26 Å². The number of hydrogen-bond donors (Lipinski definition) is 2. The van der Waals surface area contributed by atoms with Crippen LogP contribution in [0.2, 0.25) is 0 Å². The van der Waals surface area contributed by atoms with Crippen LogP contribution in [-0.2, 0) is 4.74 Å². The van der Waals surface area contributed by atoms with E-state index in [1.165, 1.54) is 0 Å². The van der Waals surface area contributed by atoms with Crippen LogP contribution in [0.3, 0.4) is 0 Å². The molecule has 0 spiro atoms. The number of aromatic hydroxyl groups is 1. The number of ether oxygens (including phenoxy) is 2. The Kier molecular flexibility index (Phi) is 5.39. The lowest BCUT2D eigenvalue weighted by atomic mass is 10.1. The summed E-state index contributed by atoms with van der Waals surface area (Å²) in [6.45, 7) is 8.93. The first-order valence-electron chi connectivity index (χ1n) is 11.4. The number of rotatable bonds is 6. The summed E-state index contributed by atoms with van der Waals surface area (Å²) in [5.74, 6) is 0.982. The molecule has 2 aliphatic rings. The minimum Gasteiger partial charge on any atom is -0.508 e. The molecule has 3 N–H and O–H groups in total. The largest absolute Gasteiger partial charge is 0.508 e. The van der Waals surface area contributed by atoms with Crippen LogP contribution in [0.5, 0.6) is 11.6 Å². The molecule has 1 saturated carbocycles. The second-order valence-electron chi connectivity index (χ2n) is 9.28. The molecular weight excluding hydrogens is 418 g/mol. The van der Waals surface area contributed by atoms with Gasteiger partial charge in [0.1, 0.15) is 23.2 Å². The molecule has 0 bridgehead atoms. The van der Waals surface area contributed by atoms with Crippen molar-refractivity contribution < 1.29 is 14.6 Å². The van der Waals surface area contributed by atoms with E-state index in [-0.39, 0.29) is 11.2 Å². The van der Waals surface area contributed by atoms with Gasteiger partial charge in [-0.2, -0.15) is 10.2 Å². The Morgan fingerprint density at radius 1 is 1.21 bits per heavy atom. The molecule has 2 fully saturated rings. The molecule has 33 heavy (non-hydrogen) atoms. The molecule has 1 aliphatic carbocycles. The maximum atomic E-state index is 10.3. The number of nitrogen functional groups attached to an aromatic ring is 1. The maximum Gasteiger partial charge on any atom is 0.215 e. The fourth-order valence-corrected chi connectivity index (χ4v) is 4.74. The first-order chi connectivity index (χ1) is 15.9. The molecule has 0 amide bonds. The lowest BCUT2D eigenvalue weighted by Gasteiger charge is -2.30. The zero-order chi connectivity index (χ0) is 23.2. The predicted molar refractivity (Wildman–Crippen MR) is 126 cm³/mol. The molecule has 8 heteroatoms. The van der Waals surface area contributed by atoms with Crippen molar-refractivity contribution >= 4 is 16.9 Å². The Labute approximate surface area is 193 Å². The summed E-state index contributed by atoms with van der Waals surface area (Å²) in [5, 5.41) is 20.7. The van der Waals surface area contributed by atoms with Crippen LogP contribution in [-0.4, -0.2) is 59.0 Å². The van der Waals surface area contributed by atoms with E-state index in [9.17, 15) is 10.4 Å². The van der Waals surface area contributed by atoms with E-state index in [4.69, 9.17) is 20.2 Å². The SMILES string of the molecule is Cc1ccc(O)c(C)c1-n1c(N)c(C#N)c2ccc(OCC3(CN4CCOCC4)CC3)nc21. The Morgan fingerprint density at radius 2 is 1.97 bits per heavy atom. The van der Waals surface area contributed by atoms with Crippen LogP contribution in [0.15, 0.2) is 24.3 Å². The van der Waals surface area contributed by atoms with E-state index in [0.717, 1.165) is 56.9 Å². The molecule has 0 atom stereocenters. The number of anilines is 1. The van der Waals surface area contributed by atoms with Crippen molar-refractivity contribution in [3.8, 4) is 23.4 Å². The van der Waals surface area contributed by atoms with Gasteiger partial charge in [0.25, 0.3) is 0 Å². The summed E-state index contributed by atoms with van der Waals surface area (Å²) in [5.41, 5.74) is 9.85. The lowest BCUT2D eigenvalue weighted by molar-refractivity contribution is 0.0234. The normalized spacial score (nSPS) is 17.7. The van der Waals surface area contributed by atoms with Crippen molar-refractivity contribution in [3.63, 3.8) is 0 Å². The van der Waals surface area contributed by atoms with Gasteiger partial charge in [0.05, 0.1) is 25.5 Å². The van der Waals surface area contributed by atoms with Crippen LogP contribution < -0.4 is 10.5 Å². The van der Waals surface area contributed by atoms with Gasteiger partial charge >= 0.3 is 0 Å². The number of aryl methyl sites for hydroxylation is 1. The molecule has 2 aromatic heterocycles. The van der Waals surface area contributed by atoms with Gasteiger partial charge in [0, 0.05) is 42.1 Å². The highest BCUT2D eigenvalue weighted by Gasteiger charge is 2.45. The van der Waals surface area contributed by atoms with Gasteiger partial charge in [0.2, 0.25) is 5.88 Å². The highest BCUT2D eigenvalue weighted by Crippen LogP contribution is 2.46. The van der Waals surface area contributed by atoms with Gasteiger partial charge in [-0.1, -0.05) is 6.07 Å². The molecule has 3 aromatic rings. The third-order valence-corrected chi connectivity index (χ3v) is 6.91. The number of benzene rings is 1. The second kappa shape index (κ2) is 8.25. The van der Waals surface area contributed by atoms with Crippen molar-refractivity contribution in [2.45, 2.75) is 26.7 Å². The smallest absolute Gasteiger partial charge is 0.215 e. The number of fused-ring (bicyclic) bond motifs is 1. The lowest BCUT2D eigenvalue weighted by Crippen LogP contribution is -2.41. The molecule has 1 saturated heterocycles. The van der Waals surface area contributed by atoms with Crippen molar-refractivity contribution in [2.24, 2.45) is 5.41 Å². The van der Waals surface area contributed by atoms with E-state index in [2.05, 4.69) is 11.0 Å². The average Bonchev–Trinajstić information content (AvgIpc) is 3.53. The van der Waals surface area contributed by atoms with Gasteiger partial charge in [-0.05, 0) is 44.4 Å². The maximum absolute atomic E-state index is 10.3. The minimum atomic E-state index is 0.168. The highest BCUT2D eigenvalue weighted by molar-refractivity contribution is 5.92. The third-order valence-electron chi connectivity index (χ3n) is 6.91. The summed E-state index contributed by atoms with van der Waals surface area (Å²) in [6, 6.07) is 9.35. The fraction of sp³-hybridized carbons (Fsp3) is 0.440. The van der Waals surface area contributed by atoms with Gasteiger partial charge in [-0.3, -0.25) is 9.47 Å². The number of phenolic OH excluding ortho intramolecular Hbond substituents is 1. The zero-order valence-corrected chi connectivity index (χ0v) is 19.1. The Balaban J connectivity index is 1.47. The number of nitrogens with zero attached hydrogens (tertiary/aromatic N) is 4. The predicted octanol–water partition coefficient (Wildman–Crippen LogP) is 3.29. The number of nitrogens with two attached hydrogens (primary N) is 1. The summed E-state index contributed by atoms with van der Waals surface area (Å²) in [7, 11) is 0. The molecule has 8 nitrogen and oxygen atoms in total. The van der Waals surface area contributed by atoms with Crippen LogP contribution in [0.1, 0.15) is 29.5 Å². The molecule has 1 aromatic carbocycles. The quantitative estimate of drug-likeness (QED) is 0.597. The van der Waals surface area contributed by atoms with Crippen LogP contribution >= 0.6 is 0 Å². The van der Waals surface area contributed by atoms with Crippen molar-refractivity contribution in [2.75, 3.05) is 45.2 Å². The number of aromatic nitrogens is 2.